The highest BCUT2D eigenvalue weighted by atomic mass is 16.7. The van der Waals surface area contributed by atoms with Crippen LogP contribution in [0.1, 0.15) is 11.1 Å². The Morgan fingerprint density at radius 3 is 2.94 bits per heavy atom. The van der Waals surface area contributed by atoms with Crippen LogP contribution < -0.4 is 4.74 Å². The number of rotatable bonds is 4. The summed E-state index contributed by atoms with van der Waals surface area (Å²) in [7, 11) is 3.40. The van der Waals surface area contributed by atoms with E-state index in [4.69, 9.17) is 14.2 Å². The fourth-order valence-electron chi connectivity index (χ4n) is 2.18. The van der Waals surface area contributed by atoms with E-state index in [9.17, 15) is 0 Å². The average molecular weight is 251 g/mol. The first kappa shape index (κ1) is 13.3. The monoisotopic (exact) mass is 251 g/mol. The van der Waals surface area contributed by atoms with Gasteiger partial charge >= 0.3 is 0 Å². The van der Waals surface area contributed by atoms with Gasteiger partial charge in [-0.1, -0.05) is 12.1 Å². The van der Waals surface area contributed by atoms with Gasteiger partial charge in [0.05, 0.1) is 13.7 Å². The van der Waals surface area contributed by atoms with Crippen LogP contribution in [0.2, 0.25) is 0 Å². The molecular formula is C14H21NO3. The molecule has 1 heterocycles. The maximum Gasteiger partial charge on any atom is 0.169 e. The van der Waals surface area contributed by atoms with E-state index in [0.29, 0.717) is 6.61 Å². The van der Waals surface area contributed by atoms with Crippen molar-refractivity contribution < 1.29 is 14.2 Å². The van der Waals surface area contributed by atoms with Gasteiger partial charge in [-0.25, -0.2) is 0 Å². The lowest BCUT2D eigenvalue weighted by Crippen LogP contribution is -2.42. The zero-order chi connectivity index (χ0) is 13.0. The fourth-order valence-corrected chi connectivity index (χ4v) is 2.18. The van der Waals surface area contributed by atoms with E-state index in [-0.39, 0.29) is 6.29 Å². The van der Waals surface area contributed by atoms with Crippen LogP contribution in [0.25, 0.3) is 0 Å². The predicted molar refractivity (Wildman–Crippen MR) is 69.8 cm³/mol. The summed E-state index contributed by atoms with van der Waals surface area (Å²) in [5.74, 6) is 0.954. The minimum Gasteiger partial charge on any atom is -0.496 e. The van der Waals surface area contributed by atoms with Crippen molar-refractivity contribution in [3.05, 3.63) is 29.3 Å². The molecule has 1 unspecified atom stereocenters. The van der Waals surface area contributed by atoms with Gasteiger partial charge in [0.2, 0.25) is 0 Å². The smallest absolute Gasteiger partial charge is 0.169 e. The van der Waals surface area contributed by atoms with Gasteiger partial charge in [-0.3, -0.25) is 4.90 Å². The van der Waals surface area contributed by atoms with Gasteiger partial charge in [0.1, 0.15) is 5.75 Å². The topological polar surface area (TPSA) is 30.9 Å². The largest absolute Gasteiger partial charge is 0.496 e. The van der Waals surface area contributed by atoms with Crippen molar-refractivity contribution in [1.29, 1.82) is 0 Å². The van der Waals surface area contributed by atoms with Crippen LogP contribution in [0, 0.1) is 6.92 Å². The number of hydrogen-bond acceptors (Lipinski definition) is 4. The highest BCUT2D eigenvalue weighted by Gasteiger charge is 2.20. The Morgan fingerprint density at radius 1 is 1.39 bits per heavy atom. The summed E-state index contributed by atoms with van der Waals surface area (Å²) >= 11 is 0. The third-order valence-electron chi connectivity index (χ3n) is 3.22. The summed E-state index contributed by atoms with van der Waals surface area (Å²) in [6.07, 6.45) is -0.116. The summed E-state index contributed by atoms with van der Waals surface area (Å²) in [6, 6.07) is 6.32. The van der Waals surface area contributed by atoms with E-state index < -0.39 is 0 Å². The molecule has 0 aromatic heterocycles. The van der Waals surface area contributed by atoms with Crippen LogP contribution in [0.15, 0.2) is 18.2 Å². The second-order valence-electron chi connectivity index (χ2n) is 4.59. The Balaban J connectivity index is 2.04. The lowest BCUT2D eigenvalue weighted by molar-refractivity contribution is -0.166. The molecule has 2 rings (SSSR count). The molecule has 0 N–H and O–H groups in total. The van der Waals surface area contributed by atoms with Crippen molar-refractivity contribution in [3.63, 3.8) is 0 Å². The van der Waals surface area contributed by atoms with Gasteiger partial charge in [0.25, 0.3) is 0 Å². The number of benzene rings is 1. The first-order valence-corrected chi connectivity index (χ1v) is 6.23. The minimum absolute atomic E-state index is 0.116. The molecule has 4 heteroatoms. The van der Waals surface area contributed by atoms with Crippen molar-refractivity contribution in [3.8, 4) is 5.75 Å². The first-order chi connectivity index (χ1) is 8.72. The number of hydrogen-bond donors (Lipinski definition) is 0. The third kappa shape index (κ3) is 3.22. The Labute approximate surface area is 108 Å². The van der Waals surface area contributed by atoms with Crippen molar-refractivity contribution in [2.75, 3.05) is 33.9 Å². The first-order valence-electron chi connectivity index (χ1n) is 6.23. The molecule has 4 nitrogen and oxygen atoms in total. The molecule has 1 aliphatic rings. The van der Waals surface area contributed by atoms with E-state index in [1.165, 1.54) is 11.1 Å². The lowest BCUT2D eigenvalue weighted by Gasteiger charge is -2.32. The van der Waals surface area contributed by atoms with E-state index in [2.05, 4.69) is 30.0 Å². The second-order valence-corrected chi connectivity index (χ2v) is 4.59. The Kier molecular flexibility index (Phi) is 4.58. The van der Waals surface area contributed by atoms with Gasteiger partial charge in [-0.05, 0) is 18.6 Å². The zero-order valence-corrected chi connectivity index (χ0v) is 11.3. The molecule has 0 radical (unpaired) electrons. The molecule has 1 fully saturated rings. The molecule has 1 atom stereocenters. The molecule has 1 aliphatic heterocycles. The fraction of sp³-hybridized carbons (Fsp3) is 0.571. The van der Waals surface area contributed by atoms with Gasteiger partial charge in [0.15, 0.2) is 6.29 Å². The normalized spacial score (nSPS) is 20.9. The summed E-state index contributed by atoms with van der Waals surface area (Å²) in [5, 5.41) is 0. The maximum absolute atomic E-state index is 5.48. The van der Waals surface area contributed by atoms with Gasteiger partial charge < -0.3 is 14.2 Å². The molecule has 0 aliphatic carbocycles. The highest BCUT2D eigenvalue weighted by molar-refractivity contribution is 5.37. The Morgan fingerprint density at radius 2 is 2.22 bits per heavy atom. The SMILES string of the molecule is COc1cc(C)ccc1CN1CCOC(OC)C1. The number of aryl methyl sites for hydroxylation is 1. The standard InChI is InChI=1S/C14H21NO3/c1-11-4-5-12(13(8-11)16-2)9-15-6-7-18-14(10-15)17-3/h4-5,8,14H,6-7,9-10H2,1-3H3. The highest BCUT2D eigenvalue weighted by Crippen LogP contribution is 2.22. The van der Waals surface area contributed by atoms with Crippen LogP contribution >= 0.6 is 0 Å². The molecule has 1 aromatic rings. The van der Waals surface area contributed by atoms with E-state index in [1.54, 1.807) is 14.2 Å². The molecule has 0 saturated carbocycles. The molecule has 18 heavy (non-hydrogen) atoms. The van der Waals surface area contributed by atoms with Gasteiger partial charge in [-0.2, -0.15) is 0 Å². The number of methoxy groups -OCH3 is 2. The van der Waals surface area contributed by atoms with Crippen LogP contribution in [0.5, 0.6) is 5.75 Å². The molecule has 0 amide bonds. The number of nitrogens with zero attached hydrogens (tertiary/aromatic N) is 1. The molecule has 1 saturated heterocycles. The van der Waals surface area contributed by atoms with Gasteiger partial charge in [0, 0.05) is 32.3 Å². The molecule has 0 bridgehead atoms. The zero-order valence-electron chi connectivity index (χ0n) is 11.3. The summed E-state index contributed by atoms with van der Waals surface area (Å²) in [5.41, 5.74) is 2.42. The van der Waals surface area contributed by atoms with Crippen molar-refractivity contribution in [2.24, 2.45) is 0 Å². The van der Waals surface area contributed by atoms with Crippen LogP contribution in [-0.4, -0.2) is 45.1 Å². The summed E-state index contributed by atoms with van der Waals surface area (Å²) in [4.78, 5) is 2.32. The van der Waals surface area contributed by atoms with Crippen molar-refractivity contribution in [2.45, 2.75) is 19.8 Å². The Bertz CT molecular complexity index is 395. The van der Waals surface area contributed by atoms with Crippen molar-refractivity contribution >= 4 is 0 Å². The third-order valence-corrected chi connectivity index (χ3v) is 3.22. The summed E-state index contributed by atoms with van der Waals surface area (Å²) in [6.45, 7) is 5.38. The molecule has 1 aromatic carbocycles. The summed E-state index contributed by atoms with van der Waals surface area (Å²) < 4.78 is 16.1. The van der Waals surface area contributed by atoms with Crippen LogP contribution in [-0.2, 0) is 16.0 Å². The second kappa shape index (κ2) is 6.18. The molecular weight excluding hydrogens is 230 g/mol. The molecule has 100 valence electrons. The van der Waals surface area contributed by atoms with Crippen LogP contribution in [0.4, 0.5) is 0 Å². The van der Waals surface area contributed by atoms with E-state index in [1.807, 2.05) is 0 Å². The minimum atomic E-state index is -0.116. The molecule has 0 spiro atoms. The van der Waals surface area contributed by atoms with E-state index >= 15 is 0 Å². The quantitative estimate of drug-likeness (QED) is 0.816. The van der Waals surface area contributed by atoms with Crippen LogP contribution in [0.3, 0.4) is 0 Å². The predicted octanol–water partition coefficient (Wildman–Crippen LogP) is 1.81. The van der Waals surface area contributed by atoms with Gasteiger partial charge in [-0.15, -0.1) is 0 Å². The van der Waals surface area contributed by atoms with E-state index in [0.717, 1.165) is 25.4 Å². The number of ether oxygens (including phenoxy) is 3. The van der Waals surface area contributed by atoms with Crippen molar-refractivity contribution in [1.82, 2.24) is 4.90 Å². The maximum atomic E-state index is 5.48. The lowest BCUT2D eigenvalue weighted by atomic mass is 10.1. The Hall–Kier alpha value is -1.10. The average Bonchev–Trinajstić information content (AvgIpc) is 2.41. The number of morpholine rings is 1.